The van der Waals surface area contributed by atoms with Crippen LogP contribution in [-0.2, 0) is 4.79 Å². The van der Waals surface area contributed by atoms with Crippen LogP contribution in [0.4, 0.5) is 0 Å². The van der Waals surface area contributed by atoms with Crippen molar-refractivity contribution in [1.29, 1.82) is 0 Å². The molecule has 0 aliphatic heterocycles. The quantitative estimate of drug-likeness (QED) is 0.467. The van der Waals surface area contributed by atoms with E-state index < -0.39 is 0 Å². The number of hydrazine groups is 1. The first-order valence-corrected chi connectivity index (χ1v) is 7.96. The standard InChI is InChI=1S/C19H20N2O/c20-21-18(22)11-12-9-14-6-5-13-3-1-2-4-16(13)17-8-7-15(10-12)19(14)17/h2,4-9,12,19H,1,3,10-11,20H2,(H,21,22)/t12-,19-/m1/s1. The van der Waals surface area contributed by atoms with Gasteiger partial charge in [0.1, 0.15) is 0 Å². The number of carbonyl (C=O) groups is 1. The molecule has 0 spiro atoms. The lowest BCUT2D eigenvalue weighted by molar-refractivity contribution is -0.121. The molecule has 4 rings (SSSR count). The molecule has 0 bridgehead atoms. The van der Waals surface area contributed by atoms with Crippen molar-refractivity contribution < 1.29 is 4.79 Å². The van der Waals surface area contributed by atoms with Gasteiger partial charge in [-0.1, -0.05) is 48.1 Å². The summed E-state index contributed by atoms with van der Waals surface area (Å²) in [6.07, 6.45) is 19.5. The first-order valence-electron chi connectivity index (χ1n) is 7.96. The van der Waals surface area contributed by atoms with Crippen LogP contribution in [0.1, 0.15) is 25.7 Å². The lowest BCUT2D eigenvalue weighted by atomic mass is 9.75. The summed E-state index contributed by atoms with van der Waals surface area (Å²) in [5.74, 6) is 5.77. The number of hydrogen-bond donors (Lipinski definition) is 2. The summed E-state index contributed by atoms with van der Waals surface area (Å²) in [7, 11) is 0. The summed E-state index contributed by atoms with van der Waals surface area (Å²) < 4.78 is 0. The average Bonchev–Trinajstić information content (AvgIpc) is 2.89. The van der Waals surface area contributed by atoms with Gasteiger partial charge in [0.25, 0.3) is 0 Å². The van der Waals surface area contributed by atoms with E-state index in [0.29, 0.717) is 12.3 Å². The smallest absolute Gasteiger partial charge is 0.234 e. The zero-order valence-electron chi connectivity index (χ0n) is 12.5. The first kappa shape index (κ1) is 13.5. The number of allylic oxidation sites excluding steroid dienone is 12. The molecule has 0 saturated carbocycles. The lowest BCUT2D eigenvalue weighted by Gasteiger charge is -2.29. The molecule has 0 aromatic heterocycles. The van der Waals surface area contributed by atoms with Gasteiger partial charge >= 0.3 is 0 Å². The molecular formula is C19H20N2O. The number of rotatable bonds is 2. The fraction of sp³-hybridized carbons (Fsp3) is 0.316. The molecule has 112 valence electrons. The van der Waals surface area contributed by atoms with E-state index >= 15 is 0 Å². The number of carbonyl (C=O) groups excluding carboxylic acids is 1. The fourth-order valence-electron chi connectivity index (χ4n) is 4.06. The molecule has 0 unspecified atom stereocenters. The Morgan fingerprint density at radius 2 is 2.18 bits per heavy atom. The van der Waals surface area contributed by atoms with Crippen molar-refractivity contribution in [3.63, 3.8) is 0 Å². The van der Waals surface area contributed by atoms with E-state index in [9.17, 15) is 4.79 Å². The van der Waals surface area contributed by atoms with Crippen molar-refractivity contribution in [2.45, 2.75) is 25.7 Å². The summed E-state index contributed by atoms with van der Waals surface area (Å²) in [6, 6.07) is 0. The topological polar surface area (TPSA) is 55.1 Å². The molecule has 4 aliphatic rings. The van der Waals surface area contributed by atoms with Gasteiger partial charge in [-0.3, -0.25) is 10.2 Å². The van der Waals surface area contributed by atoms with Crippen LogP contribution in [0.2, 0.25) is 0 Å². The largest absolute Gasteiger partial charge is 0.294 e. The van der Waals surface area contributed by atoms with Gasteiger partial charge in [-0.15, -0.1) is 0 Å². The van der Waals surface area contributed by atoms with Crippen LogP contribution in [-0.4, -0.2) is 5.91 Å². The lowest BCUT2D eigenvalue weighted by Crippen LogP contribution is -2.32. The monoisotopic (exact) mass is 292 g/mol. The van der Waals surface area contributed by atoms with Crippen LogP contribution in [0, 0.1) is 11.8 Å². The minimum atomic E-state index is -0.0926. The van der Waals surface area contributed by atoms with Crippen LogP contribution in [0.3, 0.4) is 0 Å². The van der Waals surface area contributed by atoms with Crippen LogP contribution in [0.25, 0.3) is 0 Å². The molecule has 22 heavy (non-hydrogen) atoms. The second kappa shape index (κ2) is 5.25. The molecular weight excluding hydrogens is 272 g/mol. The Kier molecular flexibility index (Phi) is 3.23. The summed E-state index contributed by atoms with van der Waals surface area (Å²) >= 11 is 0. The second-order valence-electron chi connectivity index (χ2n) is 6.41. The summed E-state index contributed by atoms with van der Waals surface area (Å²) in [6.45, 7) is 0. The third kappa shape index (κ3) is 2.13. The van der Waals surface area contributed by atoms with Gasteiger partial charge in [0.2, 0.25) is 5.91 Å². The molecule has 0 aromatic carbocycles. The molecule has 3 N–H and O–H groups in total. The Labute approximate surface area is 130 Å². The molecule has 0 fully saturated rings. The van der Waals surface area contributed by atoms with Gasteiger partial charge in [0.15, 0.2) is 0 Å². The molecule has 4 aliphatic carbocycles. The number of hydrogen-bond acceptors (Lipinski definition) is 2. The van der Waals surface area contributed by atoms with Gasteiger partial charge < -0.3 is 0 Å². The number of amides is 1. The van der Waals surface area contributed by atoms with Gasteiger partial charge in [-0.05, 0) is 47.5 Å². The third-order valence-electron chi connectivity index (χ3n) is 5.03. The molecule has 0 heterocycles. The van der Waals surface area contributed by atoms with E-state index in [1.807, 2.05) is 0 Å². The maximum atomic E-state index is 11.6. The van der Waals surface area contributed by atoms with Crippen LogP contribution in [0.15, 0.2) is 70.4 Å². The van der Waals surface area contributed by atoms with Crippen LogP contribution >= 0.6 is 0 Å². The molecule has 1 amide bonds. The molecule has 2 atom stereocenters. The molecule has 0 radical (unpaired) electrons. The van der Waals surface area contributed by atoms with E-state index in [0.717, 1.165) is 19.3 Å². The van der Waals surface area contributed by atoms with E-state index in [2.05, 4.69) is 48.0 Å². The second-order valence-corrected chi connectivity index (χ2v) is 6.41. The van der Waals surface area contributed by atoms with Crippen molar-refractivity contribution in [2.24, 2.45) is 17.7 Å². The minimum Gasteiger partial charge on any atom is -0.294 e. The summed E-state index contributed by atoms with van der Waals surface area (Å²) in [5, 5.41) is 0. The fourth-order valence-corrected chi connectivity index (χ4v) is 4.06. The highest BCUT2D eigenvalue weighted by Gasteiger charge is 2.34. The average molecular weight is 292 g/mol. The zero-order chi connectivity index (χ0) is 15.1. The van der Waals surface area contributed by atoms with Gasteiger partial charge in [-0.2, -0.15) is 0 Å². The minimum absolute atomic E-state index is 0.0926. The van der Waals surface area contributed by atoms with Crippen molar-refractivity contribution in [1.82, 2.24) is 5.43 Å². The van der Waals surface area contributed by atoms with Crippen molar-refractivity contribution in [3.05, 3.63) is 70.4 Å². The predicted octanol–water partition coefficient (Wildman–Crippen LogP) is 3.01. The third-order valence-corrected chi connectivity index (χ3v) is 5.03. The number of nitrogens with two attached hydrogens (primary N) is 1. The van der Waals surface area contributed by atoms with E-state index in [-0.39, 0.29) is 11.8 Å². The van der Waals surface area contributed by atoms with E-state index in [4.69, 9.17) is 5.84 Å². The Bertz CT molecular complexity index is 716. The Morgan fingerprint density at radius 3 is 3.05 bits per heavy atom. The highest BCUT2D eigenvalue weighted by Crippen LogP contribution is 2.48. The van der Waals surface area contributed by atoms with Crippen molar-refractivity contribution in [2.75, 3.05) is 0 Å². The van der Waals surface area contributed by atoms with E-state index in [1.54, 1.807) is 0 Å². The summed E-state index contributed by atoms with van der Waals surface area (Å²) in [4.78, 5) is 11.6. The molecule has 3 nitrogen and oxygen atoms in total. The molecule has 0 saturated heterocycles. The summed E-state index contributed by atoms with van der Waals surface area (Å²) in [5.41, 5.74) is 9.28. The van der Waals surface area contributed by atoms with Gasteiger partial charge in [-0.25, -0.2) is 5.84 Å². The normalized spacial score (nSPS) is 28.3. The van der Waals surface area contributed by atoms with Gasteiger partial charge in [0, 0.05) is 12.3 Å². The Balaban J connectivity index is 1.71. The molecule has 0 aromatic rings. The zero-order valence-corrected chi connectivity index (χ0v) is 12.5. The van der Waals surface area contributed by atoms with Crippen molar-refractivity contribution >= 4 is 5.91 Å². The van der Waals surface area contributed by atoms with E-state index in [1.165, 1.54) is 27.9 Å². The first-order chi connectivity index (χ1) is 10.8. The Morgan fingerprint density at radius 1 is 1.27 bits per heavy atom. The van der Waals surface area contributed by atoms with Gasteiger partial charge in [0.05, 0.1) is 0 Å². The Hall–Kier alpha value is -2.13. The van der Waals surface area contributed by atoms with Crippen LogP contribution < -0.4 is 11.3 Å². The SMILES string of the molecule is NNC(=O)C[C@@H]1C=C2C=CC3=C(C=CCC3)C3=CC=C(C1)[C@@H]23. The number of nitrogens with one attached hydrogen (secondary N) is 1. The predicted molar refractivity (Wildman–Crippen MR) is 87.3 cm³/mol. The van der Waals surface area contributed by atoms with Crippen LogP contribution in [0.5, 0.6) is 0 Å². The maximum Gasteiger partial charge on any atom is 0.234 e. The highest BCUT2D eigenvalue weighted by molar-refractivity contribution is 5.76. The molecule has 3 heteroatoms. The maximum absolute atomic E-state index is 11.6. The van der Waals surface area contributed by atoms with Crippen molar-refractivity contribution in [3.8, 4) is 0 Å². The highest BCUT2D eigenvalue weighted by atomic mass is 16.2. The number of fused-ring (bicyclic) bond motifs is 1.